The number of aromatic hydroxyl groups is 1. The highest BCUT2D eigenvalue weighted by Gasteiger charge is 2.06. The second-order valence-corrected chi connectivity index (χ2v) is 5.29. The SMILES string of the molecule is O=C(Nc1cccc(CCCBr)c1)c1cccc(O)c1. The van der Waals surface area contributed by atoms with Crippen LogP contribution in [0.15, 0.2) is 48.5 Å². The summed E-state index contributed by atoms with van der Waals surface area (Å²) < 4.78 is 0. The average molecular weight is 334 g/mol. The Kier molecular flexibility index (Phi) is 5.18. The zero-order valence-electron chi connectivity index (χ0n) is 11.0. The molecule has 2 aromatic carbocycles. The first-order valence-electron chi connectivity index (χ1n) is 6.44. The summed E-state index contributed by atoms with van der Waals surface area (Å²) in [6.45, 7) is 0. The molecule has 4 heteroatoms. The number of carbonyl (C=O) groups excluding carboxylic acids is 1. The lowest BCUT2D eigenvalue weighted by atomic mass is 10.1. The molecule has 0 aliphatic rings. The van der Waals surface area contributed by atoms with E-state index in [4.69, 9.17) is 0 Å². The van der Waals surface area contributed by atoms with Crippen LogP contribution in [0.5, 0.6) is 5.75 Å². The number of phenols is 1. The molecule has 0 saturated heterocycles. The summed E-state index contributed by atoms with van der Waals surface area (Å²) >= 11 is 3.41. The monoisotopic (exact) mass is 333 g/mol. The number of carbonyl (C=O) groups is 1. The molecule has 0 aliphatic carbocycles. The van der Waals surface area contributed by atoms with Crippen LogP contribution in [0.25, 0.3) is 0 Å². The van der Waals surface area contributed by atoms with E-state index in [2.05, 4.69) is 21.2 Å². The van der Waals surface area contributed by atoms with Crippen molar-refractivity contribution in [2.24, 2.45) is 0 Å². The van der Waals surface area contributed by atoms with Gasteiger partial charge in [0.15, 0.2) is 0 Å². The lowest BCUT2D eigenvalue weighted by molar-refractivity contribution is 0.102. The van der Waals surface area contributed by atoms with E-state index in [1.807, 2.05) is 24.3 Å². The largest absolute Gasteiger partial charge is 0.508 e. The Hall–Kier alpha value is -1.81. The maximum Gasteiger partial charge on any atom is 0.255 e. The Labute approximate surface area is 126 Å². The van der Waals surface area contributed by atoms with E-state index in [0.29, 0.717) is 5.56 Å². The van der Waals surface area contributed by atoms with Crippen LogP contribution in [0.3, 0.4) is 0 Å². The molecule has 0 saturated carbocycles. The third-order valence-electron chi connectivity index (χ3n) is 2.89. The van der Waals surface area contributed by atoms with E-state index in [1.54, 1.807) is 12.1 Å². The van der Waals surface area contributed by atoms with Gasteiger partial charge in [-0.05, 0) is 48.7 Å². The van der Waals surface area contributed by atoms with E-state index in [0.717, 1.165) is 23.9 Å². The number of rotatable bonds is 5. The highest BCUT2D eigenvalue weighted by atomic mass is 79.9. The molecular formula is C16H16BrNO2. The van der Waals surface area contributed by atoms with Gasteiger partial charge in [-0.1, -0.05) is 34.1 Å². The number of anilines is 1. The number of alkyl halides is 1. The Morgan fingerprint density at radius 3 is 2.70 bits per heavy atom. The molecular weight excluding hydrogens is 318 g/mol. The van der Waals surface area contributed by atoms with Gasteiger partial charge in [0.05, 0.1) is 0 Å². The molecule has 2 aromatic rings. The smallest absolute Gasteiger partial charge is 0.255 e. The first kappa shape index (κ1) is 14.6. The van der Waals surface area contributed by atoms with Gasteiger partial charge in [-0.3, -0.25) is 4.79 Å². The van der Waals surface area contributed by atoms with Gasteiger partial charge < -0.3 is 10.4 Å². The molecule has 0 aromatic heterocycles. The van der Waals surface area contributed by atoms with Crippen molar-refractivity contribution in [2.45, 2.75) is 12.8 Å². The summed E-state index contributed by atoms with van der Waals surface area (Å²) in [5, 5.41) is 13.2. The summed E-state index contributed by atoms with van der Waals surface area (Å²) in [6.07, 6.45) is 2.03. The van der Waals surface area contributed by atoms with Crippen LogP contribution in [0.1, 0.15) is 22.3 Å². The zero-order valence-corrected chi connectivity index (χ0v) is 12.6. The fourth-order valence-electron chi connectivity index (χ4n) is 1.93. The summed E-state index contributed by atoms with van der Waals surface area (Å²) in [7, 11) is 0. The van der Waals surface area contributed by atoms with Gasteiger partial charge in [0.1, 0.15) is 5.75 Å². The summed E-state index contributed by atoms with van der Waals surface area (Å²) in [5.41, 5.74) is 2.40. The Morgan fingerprint density at radius 1 is 1.15 bits per heavy atom. The van der Waals surface area contributed by atoms with E-state index in [-0.39, 0.29) is 11.7 Å². The molecule has 2 N–H and O–H groups in total. The van der Waals surface area contributed by atoms with Gasteiger partial charge in [0.2, 0.25) is 0 Å². The van der Waals surface area contributed by atoms with E-state index in [1.165, 1.54) is 17.7 Å². The van der Waals surface area contributed by atoms with Crippen molar-refractivity contribution in [3.8, 4) is 5.75 Å². The average Bonchev–Trinajstić information content (AvgIpc) is 2.45. The lowest BCUT2D eigenvalue weighted by Gasteiger charge is -2.07. The minimum Gasteiger partial charge on any atom is -0.508 e. The molecule has 0 unspecified atom stereocenters. The number of hydrogen-bond donors (Lipinski definition) is 2. The van der Waals surface area contributed by atoms with Gasteiger partial charge in [-0.25, -0.2) is 0 Å². The second kappa shape index (κ2) is 7.10. The Balaban J connectivity index is 2.07. The summed E-state index contributed by atoms with van der Waals surface area (Å²) in [5.74, 6) is -0.137. The normalized spacial score (nSPS) is 10.2. The number of halogens is 1. The highest BCUT2D eigenvalue weighted by Crippen LogP contribution is 2.16. The third-order valence-corrected chi connectivity index (χ3v) is 3.45. The van der Waals surface area contributed by atoms with Crippen molar-refractivity contribution in [3.05, 3.63) is 59.7 Å². The Bertz CT molecular complexity index is 599. The predicted octanol–water partition coefficient (Wildman–Crippen LogP) is 3.97. The molecule has 104 valence electrons. The number of phenolic OH excluding ortho intramolecular Hbond substituents is 1. The third kappa shape index (κ3) is 4.10. The van der Waals surface area contributed by atoms with Gasteiger partial charge in [0, 0.05) is 16.6 Å². The van der Waals surface area contributed by atoms with Gasteiger partial charge in [-0.2, -0.15) is 0 Å². The maximum atomic E-state index is 12.1. The van der Waals surface area contributed by atoms with Crippen LogP contribution < -0.4 is 5.32 Å². The quantitative estimate of drug-likeness (QED) is 0.813. The van der Waals surface area contributed by atoms with Crippen molar-refractivity contribution in [3.63, 3.8) is 0 Å². The molecule has 0 aliphatic heterocycles. The fourth-order valence-corrected chi connectivity index (χ4v) is 2.21. The van der Waals surface area contributed by atoms with Gasteiger partial charge in [-0.15, -0.1) is 0 Å². The maximum absolute atomic E-state index is 12.1. The molecule has 0 spiro atoms. The van der Waals surface area contributed by atoms with Crippen LogP contribution >= 0.6 is 15.9 Å². The summed E-state index contributed by atoms with van der Waals surface area (Å²) in [6, 6.07) is 14.1. The fraction of sp³-hybridized carbons (Fsp3) is 0.188. The molecule has 3 nitrogen and oxygen atoms in total. The van der Waals surface area contributed by atoms with Crippen LogP contribution in [0, 0.1) is 0 Å². The molecule has 0 bridgehead atoms. The molecule has 20 heavy (non-hydrogen) atoms. The number of amides is 1. The van der Waals surface area contributed by atoms with Crippen molar-refractivity contribution in [1.82, 2.24) is 0 Å². The van der Waals surface area contributed by atoms with Crippen molar-refractivity contribution in [1.29, 1.82) is 0 Å². The standard InChI is InChI=1S/C16H16BrNO2/c17-9-3-5-12-4-1-7-14(10-12)18-16(20)13-6-2-8-15(19)11-13/h1-2,4,6-8,10-11,19H,3,5,9H2,(H,18,20). The minimum atomic E-state index is -0.224. The molecule has 0 atom stereocenters. The molecule has 1 amide bonds. The molecule has 0 radical (unpaired) electrons. The topological polar surface area (TPSA) is 49.3 Å². The minimum absolute atomic E-state index is 0.0868. The van der Waals surface area contributed by atoms with E-state index in [9.17, 15) is 9.90 Å². The Morgan fingerprint density at radius 2 is 1.95 bits per heavy atom. The number of hydrogen-bond acceptors (Lipinski definition) is 2. The van der Waals surface area contributed by atoms with Gasteiger partial charge in [0.25, 0.3) is 5.91 Å². The van der Waals surface area contributed by atoms with Crippen molar-refractivity contribution in [2.75, 3.05) is 10.6 Å². The van der Waals surface area contributed by atoms with Crippen molar-refractivity contribution < 1.29 is 9.90 Å². The lowest BCUT2D eigenvalue weighted by Crippen LogP contribution is -2.11. The van der Waals surface area contributed by atoms with Gasteiger partial charge >= 0.3 is 0 Å². The number of benzene rings is 2. The number of aryl methyl sites for hydroxylation is 1. The molecule has 0 heterocycles. The summed E-state index contributed by atoms with van der Waals surface area (Å²) in [4.78, 5) is 12.1. The number of nitrogens with one attached hydrogen (secondary N) is 1. The van der Waals surface area contributed by atoms with Crippen LogP contribution in [0.4, 0.5) is 5.69 Å². The van der Waals surface area contributed by atoms with Crippen LogP contribution in [-0.2, 0) is 6.42 Å². The second-order valence-electron chi connectivity index (χ2n) is 4.50. The van der Waals surface area contributed by atoms with Crippen LogP contribution in [0.2, 0.25) is 0 Å². The first-order chi connectivity index (χ1) is 9.69. The molecule has 2 rings (SSSR count). The molecule has 0 fully saturated rings. The van der Waals surface area contributed by atoms with Crippen LogP contribution in [-0.4, -0.2) is 16.3 Å². The predicted molar refractivity (Wildman–Crippen MR) is 84.6 cm³/mol. The highest BCUT2D eigenvalue weighted by molar-refractivity contribution is 9.09. The zero-order chi connectivity index (χ0) is 14.4. The van der Waals surface area contributed by atoms with Crippen molar-refractivity contribution >= 4 is 27.5 Å². The first-order valence-corrected chi connectivity index (χ1v) is 7.56. The van der Waals surface area contributed by atoms with E-state index >= 15 is 0 Å². The van der Waals surface area contributed by atoms with E-state index < -0.39 is 0 Å².